The topological polar surface area (TPSA) is 266 Å². The van der Waals surface area contributed by atoms with Crippen LogP contribution in [0.3, 0.4) is 0 Å². The number of nitrogens with zero attached hydrogens (tertiary/aromatic N) is 8. The average Bonchev–Trinajstić information content (AvgIpc) is 1.70. The number of fused-ring (bicyclic) bond motifs is 6. The fourth-order valence-corrected chi connectivity index (χ4v) is 16.5. The quantitative estimate of drug-likeness (QED) is 0.0325. The van der Waals surface area contributed by atoms with Gasteiger partial charge in [0, 0.05) is 43.7 Å². The third kappa shape index (κ3) is 17.5. The van der Waals surface area contributed by atoms with Crippen molar-refractivity contribution in [2.45, 2.75) is 189 Å². The first kappa shape index (κ1) is 70.9. The van der Waals surface area contributed by atoms with Gasteiger partial charge in [0.1, 0.15) is 30.2 Å². The second-order valence-corrected chi connectivity index (χ2v) is 29.7. The van der Waals surface area contributed by atoms with Crippen LogP contribution in [0.15, 0.2) is 42.7 Å². The van der Waals surface area contributed by atoms with Crippen LogP contribution in [0, 0.1) is 58.1 Å². The number of esters is 1. The lowest BCUT2D eigenvalue weighted by molar-refractivity contribution is -0.163. The minimum absolute atomic E-state index is 0.0257. The predicted molar refractivity (Wildman–Crippen MR) is 348 cm³/mol. The minimum atomic E-state index is -1.17. The lowest BCUT2D eigenvalue weighted by Crippen LogP contribution is -2.62. The molecule has 0 spiro atoms. The fraction of sp³-hybridized carbons (Fsp3) is 0.714. The zero-order chi connectivity index (χ0) is 66.8. The molecule has 93 heavy (non-hydrogen) atoms. The highest BCUT2D eigenvalue weighted by atomic mass is 19.1. The van der Waals surface area contributed by atoms with Crippen molar-refractivity contribution < 1.29 is 56.8 Å². The number of halogens is 1. The summed E-state index contributed by atoms with van der Waals surface area (Å²) in [6, 6.07) is 6.85. The summed E-state index contributed by atoms with van der Waals surface area (Å²) >= 11 is 0. The third-order valence-electron chi connectivity index (χ3n) is 21.4. The Morgan fingerprint density at radius 2 is 1.44 bits per heavy atom. The number of hydrogen-bond donors (Lipinski definition) is 3. The molecule has 1 aliphatic heterocycles. The predicted octanol–water partition coefficient (Wildman–Crippen LogP) is 8.77. The number of nitrogens with two attached hydrogens (primary N) is 1. The highest BCUT2D eigenvalue weighted by molar-refractivity contribution is 5.95. The monoisotopic (exact) mass is 1290 g/mol. The molecule has 0 radical (unpaired) electrons. The first-order chi connectivity index (χ1) is 44.2. The molecule has 4 unspecified atom stereocenters. The number of primary amides is 1. The Morgan fingerprint density at radius 3 is 2.12 bits per heavy atom. The molecule has 512 valence electrons. The molecule has 10 atom stereocenters. The Bertz CT molecular complexity index is 3220. The van der Waals surface area contributed by atoms with Gasteiger partial charge in [0.25, 0.3) is 11.8 Å². The first-order valence-electron chi connectivity index (χ1n) is 34.3. The van der Waals surface area contributed by atoms with Crippen molar-refractivity contribution in [3.05, 3.63) is 65.5 Å². The van der Waals surface area contributed by atoms with Crippen molar-refractivity contribution in [3.63, 3.8) is 0 Å². The summed E-state index contributed by atoms with van der Waals surface area (Å²) in [4.78, 5) is 87.0. The van der Waals surface area contributed by atoms with E-state index >= 15 is 0 Å². The van der Waals surface area contributed by atoms with Gasteiger partial charge in [-0.25, -0.2) is 18.6 Å². The van der Waals surface area contributed by atoms with E-state index in [0.717, 1.165) is 65.9 Å². The van der Waals surface area contributed by atoms with Gasteiger partial charge >= 0.3 is 5.97 Å². The van der Waals surface area contributed by atoms with Crippen LogP contribution >= 0.6 is 0 Å². The molecule has 1 aromatic carbocycles. The van der Waals surface area contributed by atoms with E-state index in [1.165, 1.54) is 80.8 Å². The molecule has 4 heterocycles. The van der Waals surface area contributed by atoms with Crippen LogP contribution in [-0.4, -0.2) is 172 Å². The number of amides is 5. The molecule has 4 N–H and O–H groups in total. The fourth-order valence-electron chi connectivity index (χ4n) is 16.5. The summed E-state index contributed by atoms with van der Waals surface area (Å²) in [5.41, 5.74) is 8.28. The van der Waals surface area contributed by atoms with E-state index in [1.807, 2.05) is 19.9 Å². The van der Waals surface area contributed by atoms with Crippen LogP contribution in [0.1, 0.15) is 186 Å². The highest BCUT2D eigenvalue weighted by Crippen LogP contribution is 2.68. The number of ether oxygens (including phenoxy) is 5. The molecular formula is C70H104FN11O11. The highest BCUT2D eigenvalue weighted by Gasteiger charge is 2.61. The lowest BCUT2D eigenvalue weighted by atomic mass is 9.44. The zero-order valence-corrected chi connectivity index (χ0v) is 56.9. The Hall–Kier alpha value is -6.43. The molecule has 5 amide bonds. The van der Waals surface area contributed by atoms with Crippen molar-refractivity contribution in [1.29, 1.82) is 0 Å². The molecule has 4 saturated carbocycles. The number of rotatable bonds is 30. The van der Waals surface area contributed by atoms with Crippen molar-refractivity contribution in [1.82, 2.24) is 50.0 Å². The Kier molecular flexibility index (Phi) is 23.6. The molecule has 1 saturated heterocycles. The molecule has 23 heteroatoms. The van der Waals surface area contributed by atoms with Gasteiger partial charge in [-0.3, -0.25) is 28.8 Å². The average molecular weight is 1290 g/mol. The summed E-state index contributed by atoms with van der Waals surface area (Å²) in [5.74, 6) is 2.13. The van der Waals surface area contributed by atoms with Crippen molar-refractivity contribution in [2.75, 3.05) is 79.0 Å². The summed E-state index contributed by atoms with van der Waals surface area (Å²) in [6.07, 6.45) is 17.1. The van der Waals surface area contributed by atoms with Gasteiger partial charge in [-0.15, -0.1) is 5.10 Å². The molecular weight excluding hydrogens is 1190 g/mol. The van der Waals surface area contributed by atoms with Gasteiger partial charge in [0.15, 0.2) is 11.3 Å². The Morgan fingerprint density at radius 1 is 0.763 bits per heavy atom. The van der Waals surface area contributed by atoms with E-state index in [-0.39, 0.29) is 124 Å². The van der Waals surface area contributed by atoms with Crippen LogP contribution in [0.5, 0.6) is 0 Å². The SMILES string of the molecule is CC(C)CCC[C@@H](C)[C@H]1CCC2C3CCC4C[C@@H](OC(=O)C[C@H](NC(=O)CCOCCOCCOCCOCCNC(=O)Cn5cc(C(=O)N6CCN(C(=O)c7cn8nc(-c9ccc(F)cc9)cc(C(C)(C)C)c8n7)C(C)(C)C6)nn5)C(N)=O)CC[C@]4(C)C3CC[C@@]21C. The maximum Gasteiger partial charge on any atom is 0.308 e. The number of nitrogens with one attached hydrogen (secondary N) is 2. The molecule has 3 aromatic heterocycles. The van der Waals surface area contributed by atoms with Crippen LogP contribution < -0.4 is 16.4 Å². The Balaban J connectivity index is 0.580. The summed E-state index contributed by atoms with van der Waals surface area (Å²) in [5, 5.41) is 18.2. The number of piperazine rings is 1. The van der Waals surface area contributed by atoms with E-state index in [9.17, 15) is 33.2 Å². The molecule has 5 fully saturated rings. The number of carbonyl (C=O) groups excluding carboxylic acids is 6. The number of hydrogen-bond acceptors (Lipinski definition) is 15. The maximum absolute atomic E-state index is 14.1. The second kappa shape index (κ2) is 31.0. The first-order valence-corrected chi connectivity index (χ1v) is 34.3. The van der Waals surface area contributed by atoms with E-state index < -0.39 is 29.4 Å². The van der Waals surface area contributed by atoms with Gasteiger partial charge in [-0.2, -0.15) is 5.10 Å². The van der Waals surface area contributed by atoms with Crippen LogP contribution in [-0.2, 0) is 54.8 Å². The van der Waals surface area contributed by atoms with Crippen molar-refractivity contribution >= 4 is 41.2 Å². The standard InChI is InChI=1S/C70H104FN11O11/c1-45(2)12-11-13-46(3)52-20-21-53-51-19-16-48-38-50(22-25-69(48,9)54(51)23-26-70(52,53)10)93-62(85)40-57(63(72)86)74-60(83)24-30-89-32-34-91-36-37-92-35-33-90-31-27-73-61(84)43-80-41-59(76-78-80)65(87)79-28-29-81(68(7,8)44-79)66(88)58-42-82-64(75-58)55(67(4,5)6)39-56(77-82)47-14-17-49(71)18-15-47/h14-15,17-18,39,41-42,45-46,48,50-54,57H,11-13,16,19-38,40,43-44H2,1-10H3,(H2,72,86)(H,73,84)(H,74,83)/t46-,48?,50+,51?,52-,53?,54?,57+,69+,70-/m1/s1. The van der Waals surface area contributed by atoms with Gasteiger partial charge in [0.05, 0.1) is 82.9 Å². The minimum Gasteiger partial charge on any atom is -0.462 e. The van der Waals surface area contributed by atoms with Crippen LogP contribution in [0.25, 0.3) is 16.9 Å². The molecule has 9 rings (SSSR count). The van der Waals surface area contributed by atoms with Gasteiger partial charge in [-0.05, 0) is 160 Å². The van der Waals surface area contributed by atoms with E-state index in [1.54, 1.807) is 32.6 Å². The van der Waals surface area contributed by atoms with E-state index in [2.05, 4.69) is 76.3 Å². The van der Waals surface area contributed by atoms with Gasteiger partial charge in [0.2, 0.25) is 17.7 Å². The van der Waals surface area contributed by atoms with Gasteiger partial charge in [-0.1, -0.05) is 79.9 Å². The normalized spacial score (nSPS) is 25.0. The maximum atomic E-state index is 14.1. The van der Waals surface area contributed by atoms with Crippen LogP contribution in [0.4, 0.5) is 4.39 Å². The molecule has 4 aromatic rings. The molecule has 4 aliphatic carbocycles. The third-order valence-corrected chi connectivity index (χ3v) is 21.4. The number of imidazole rings is 1. The van der Waals surface area contributed by atoms with Crippen molar-refractivity contribution in [3.8, 4) is 11.3 Å². The molecule has 22 nitrogen and oxygen atoms in total. The van der Waals surface area contributed by atoms with Crippen molar-refractivity contribution in [2.24, 2.45) is 58.0 Å². The largest absolute Gasteiger partial charge is 0.462 e. The second-order valence-electron chi connectivity index (χ2n) is 29.7. The Labute approximate surface area is 548 Å². The lowest BCUT2D eigenvalue weighted by Gasteiger charge is -2.61. The number of carbonyl (C=O) groups is 6. The van der Waals surface area contributed by atoms with E-state index in [0.29, 0.717) is 49.1 Å². The molecule has 0 bridgehead atoms. The smallest absolute Gasteiger partial charge is 0.308 e. The summed E-state index contributed by atoms with van der Waals surface area (Å²) in [6.45, 7) is 25.2. The molecule has 5 aliphatic rings. The summed E-state index contributed by atoms with van der Waals surface area (Å²) in [7, 11) is 0. The number of aromatic nitrogens is 6. The zero-order valence-electron chi connectivity index (χ0n) is 56.9. The number of benzene rings is 1. The van der Waals surface area contributed by atoms with Gasteiger partial charge < -0.3 is 49.9 Å². The van der Waals surface area contributed by atoms with E-state index in [4.69, 9.17) is 39.5 Å². The summed E-state index contributed by atoms with van der Waals surface area (Å²) < 4.78 is 44.9. The van der Waals surface area contributed by atoms with Crippen LogP contribution in [0.2, 0.25) is 0 Å².